The quantitative estimate of drug-likeness (QED) is 0.772. The van der Waals surface area contributed by atoms with Crippen LogP contribution in [-0.4, -0.2) is 19.6 Å². The van der Waals surface area contributed by atoms with Crippen molar-refractivity contribution in [1.29, 1.82) is 0 Å². The fraction of sp³-hybridized carbons (Fsp3) is 0.286. The number of amides is 1. The summed E-state index contributed by atoms with van der Waals surface area (Å²) in [5, 5.41) is 11.1. The predicted molar refractivity (Wildman–Crippen MR) is 61.0 cm³/mol. The zero-order valence-electron chi connectivity index (χ0n) is 7.81. The van der Waals surface area contributed by atoms with Crippen LogP contribution in [0.4, 0.5) is 4.79 Å². The van der Waals surface area contributed by atoms with Crippen molar-refractivity contribution >= 4 is 34.1 Å². The molecule has 86 valence electrons. The largest absolute Gasteiger partial charge is 0.464 e. The molecule has 8 heteroatoms. The second-order valence-corrected chi connectivity index (χ2v) is 10.6. The van der Waals surface area contributed by atoms with Crippen molar-refractivity contribution in [1.82, 2.24) is 4.72 Å². The van der Waals surface area contributed by atoms with E-state index in [2.05, 4.69) is 0 Å². The molecule has 0 bridgehead atoms. The molecule has 0 aromatic carbocycles. The SMILES string of the molecule is CCC1=CS(Cl)(S(=O)(=O)NC(=O)O)C=C1. The summed E-state index contributed by atoms with van der Waals surface area (Å²) in [7, 11) is -0.908. The molecule has 5 nitrogen and oxygen atoms in total. The Bertz CT molecular complexity index is 442. The van der Waals surface area contributed by atoms with Crippen LogP contribution in [0.2, 0.25) is 0 Å². The van der Waals surface area contributed by atoms with Crippen molar-refractivity contribution in [2.24, 2.45) is 0 Å². The molecule has 0 saturated carbocycles. The van der Waals surface area contributed by atoms with Crippen LogP contribution in [0.1, 0.15) is 13.3 Å². The third kappa shape index (κ3) is 2.47. The van der Waals surface area contributed by atoms with Gasteiger partial charge >= 0.3 is 6.09 Å². The van der Waals surface area contributed by atoms with E-state index in [4.69, 9.17) is 15.8 Å². The van der Waals surface area contributed by atoms with E-state index in [1.165, 1.54) is 15.5 Å². The summed E-state index contributed by atoms with van der Waals surface area (Å²) >= 11 is 0. The lowest BCUT2D eigenvalue weighted by Gasteiger charge is -2.21. The Morgan fingerprint density at radius 2 is 2.27 bits per heavy atom. The zero-order valence-corrected chi connectivity index (χ0v) is 10.2. The number of hydrogen-bond donors (Lipinski definition) is 2. The average Bonchev–Trinajstić information content (AvgIpc) is 2.47. The van der Waals surface area contributed by atoms with E-state index in [1.807, 2.05) is 6.92 Å². The molecule has 1 aliphatic rings. The van der Waals surface area contributed by atoms with Gasteiger partial charge in [-0.25, -0.2) is 9.52 Å². The molecular formula is C7H10ClNO4S2. The molecule has 2 N–H and O–H groups in total. The Morgan fingerprint density at radius 1 is 1.67 bits per heavy atom. The van der Waals surface area contributed by atoms with Gasteiger partial charge in [-0.05, 0) is 41.8 Å². The molecule has 1 aliphatic heterocycles. The highest BCUT2D eigenvalue weighted by molar-refractivity contribution is 9.01. The summed E-state index contributed by atoms with van der Waals surface area (Å²) in [5.74, 6) is 0. The van der Waals surface area contributed by atoms with E-state index >= 15 is 0 Å². The van der Waals surface area contributed by atoms with Gasteiger partial charge < -0.3 is 5.11 Å². The molecule has 1 rings (SSSR count). The molecule has 1 amide bonds. The third-order valence-corrected chi connectivity index (χ3v) is 8.92. The molecule has 0 aliphatic carbocycles. The lowest BCUT2D eigenvalue weighted by Crippen LogP contribution is -2.29. The van der Waals surface area contributed by atoms with Crippen LogP contribution in [0.5, 0.6) is 0 Å². The second kappa shape index (κ2) is 4.07. The van der Waals surface area contributed by atoms with Crippen LogP contribution >= 0.6 is 19.0 Å². The Balaban J connectivity index is 3.04. The second-order valence-electron chi connectivity index (χ2n) is 2.78. The number of carboxylic acid groups (broad SMARTS) is 1. The maximum Gasteiger partial charge on any atom is 0.419 e. The maximum atomic E-state index is 11.5. The first-order valence-corrected chi connectivity index (χ1v) is 8.56. The van der Waals surface area contributed by atoms with Crippen molar-refractivity contribution in [2.75, 3.05) is 0 Å². The molecule has 1 unspecified atom stereocenters. The van der Waals surface area contributed by atoms with Gasteiger partial charge in [0, 0.05) is 0 Å². The van der Waals surface area contributed by atoms with Gasteiger partial charge in [-0.2, -0.15) is 8.42 Å². The highest BCUT2D eigenvalue weighted by Gasteiger charge is 2.36. The molecule has 0 aromatic heterocycles. The van der Waals surface area contributed by atoms with Crippen molar-refractivity contribution in [3.05, 3.63) is 22.5 Å². The molecule has 0 radical (unpaired) electrons. The van der Waals surface area contributed by atoms with Gasteiger partial charge in [0.15, 0.2) is 0 Å². The lowest BCUT2D eigenvalue weighted by molar-refractivity contribution is 0.201. The van der Waals surface area contributed by atoms with Crippen molar-refractivity contribution in [3.8, 4) is 0 Å². The number of rotatable bonds is 3. The van der Waals surface area contributed by atoms with Crippen molar-refractivity contribution in [2.45, 2.75) is 13.3 Å². The average molecular weight is 272 g/mol. The molecular weight excluding hydrogens is 262 g/mol. The van der Waals surface area contributed by atoms with E-state index in [0.29, 0.717) is 6.42 Å². The lowest BCUT2D eigenvalue weighted by atomic mass is 10.2. The van der Waals surface area contributed by atoms with E-state index < -0.39 is 23.4 Å². The zero-order chi connectivity index (χ0) is 11.7. The van der Waals surface area contributed by atoms with E-state index in [1.54, 1.807) is 6.08 Å². The monoisotopic (exact) mass is 271 g/mol. The predicted octanol–water partition coefficient (Wildman–Crippen LogP) is 2.28. The minimum Gasteiger partial charge on any atom is -0.464 e. The van der Waals surface area contributed by atoms with Crippen LogP contribution < -0.4 is 4.72 Å². The van der Waals surface area contributed by atoms with Gasteiger partial charge in [0.1, 0.15) is 0 Å². The fourth-order valence-corrected chi connectivity index (χ4v) is 5.42. The van der Waals surface area contributed by atoms with Gasteiger partial charge in [-0.1, -0.05) is 13.0 Å². The van der Waals surface area contributed by atoms with Crippen molar-refractivity contribution < 1.29 is 18.3 Å². The first-order valence-electron chi connectivity index (χ1n) is 3.98. The summed E-state index contributed by atoms with van der Waals surface area (Å²) < 4.78 is 24.5. The Kier molecular flexibility index (Phi) is 3.37. The normalized spacial score (nSPS) is 29.3. The maximum absolute atomic E-state index is 11.5. The first-order chi connectivity index (χ1) is 6.81. The molecule has 1 atom stereocenters. The van der Waals surface area contributed by atoms with E-state index in [9.17, 15) is 13.2 Å². The number of nitrogens with one attached hydrogen (secondary N) is 1. The molecule has 0 fully saturated rings. The topological polar surface area (TPSA) is 83.5 Å². The van der Waals surface area contributed by atoms with Crippen LogP contribution in [0.15, 0.2) is 22.5 Å². The highest BCUT2D eigenvalue weighted by Crippen LogP contribution is 2.64. The summed E-state index contributed by atoms with van der Waals surface area (Å²) in [5.41, 5.74) is 0.788. The minimum atomic E-state index is -4.07. The molecule has 0 saturated heterocycles. The molecule has 0 aromatic rings. The summed E-state index contributed by atoms with van der Waals surface area (Å²) in [6, 6.07) is 0. The van der Waals surface area contributed by atoms with Crippen LogP contribution in [-0.2, 0) is 9.06 Å². The van der Waals surface area contributed by atoms with E-state index in [0.717, 1.165) is 5.57 Å². The van der Waals surface area contributed by atoms with Crippen molar-refractivity contribution in [3.63, 3.8) is 0 Å². The smallest absolute Gasteiger partial charge is 0.419 e. The van der Waals surface area contributed by atoms with Crippen LogP contribution in [0.25, 0.3) is 0 Å². The molecule has 1 heterocycles. The highest BCUT2D eigenvalue weighted by atomic mass is 35.8. The van der Waals surface area contributed by atoms with Crippen LogP contribution in [0, 0.1) is 0 Å². The van der Waals surface area contributed by atoms with Gasteiger partial charge in [0.05, 0.1) is 0 Å². The molecule has 0 spiro atoms. The molecule has 15 heavy (non-hydrogen) atoms. The fourth-order valence-electron chi connectivity index (χ4n) is 0.974. The van der Waals surface area contributed by atoms with Crippen LogP contribution in [0.3, 0.4) is 0 Å². The van der Waals surface area contributed by atoms with Gasteiger partial charge in [0.25, 0.3) is 9.06 Å². The third-order valence-electron chi connectivity index (χ3n) is 1.74. The standard InChI is InChI=1S/C7H10ClNO4S2/c1-2-6-3-4-14(8,5-6)15(12,13)9-7(10)11/h3-5,9H,2H2,1H3,(H,10,11). The Hall–Kier alpha value is -0.660. The Labute approximate surface area is 93.1 Å². The number of hydrogen-bond acceptors (Lipinski definition) is 3. The number of carbonyl (C=O) groups is 1. The summed E-state index contributed by atoms with van der Waals surface area (Å²) in [6.45, 7) is 1.86. The minimum absolute atomic E-state index is 0.653. The van der Waals surface area contributed by atoms with Gasteiger partial charge in [0.2, 0.25) is 0 Å². The van der Waals surface area contributed by atoms with E-state index in [-0.39, 0.29) is 0 Å². The summed E-state index contributed by atoms with van der Waals surface area (Å²) in [6.07, 6.45) is 0.624. The number of halogens is 1. The summed E-state index contributed by atoms with van der Waals surface area (Å²) in [4.78, 5) is 10.3. The van der Waals surface area contributed by atoms with Gasteiger partial charge in [-0.3, -0.25) is 0 Å². The first kappa shape index (κ1) is 12.4. The van der Waals surface area contributed by atoms with Gasteiger partial charge in [-0.15, -0.1) is 0 Å². The Morgan fingerprint density at radius 3 is 2.67 bits per heavy atom. The number of allylic oxidation sites excluding steroid dienone is 2.